The van der Waals surface area contributed by atoms with Crippen molar-refractivity contribution in [2.45, 2.75) is 38.6 Å². The Morgan fingerprint density at radius 3 is 3.00 bits per heavy atom. The van der Waals surface area contributed by atoms with E-state index in [1.165, 1.54) is 5.56 Å². The van der Waals surface area contributed by atoms with E-state index in [2.05, 4.69) is 35.4 Å². The van der Waals surface area contributed by atoms with Gasteiger partial charge in [0.2, 0.25) is 5.91 Å². The maximum Gasteiger partial charge on any atom is 0.224 e. The minimum Gasteiger partial charge on any atom is -0.396 e. The molecule has 1 aliphatic rings. The van der Waals surface area contributed by atoms with E-state index in [1.807, 2.05) is 6.20 Å². The maximum absolute atomic E-state index is 12.2. The van der Waals surface area contributed by atoms with Crippen molar-refractivity contribution in [1.82, 2.24) is 10.3 Å². The van der Waals surface area contributed by atoms with Crippen LogP contribution in [0.15, 0.2) is 24.4 Å². The Morgan fingerprint density at radius 1 is 1.48 bits per heavy atom. The molecule has 4 nitrogen and oxygen atoms in total. The molecular formula is C17H22N2O2. The molecule has 1 fully saturated rings. The van der Waals surface area contributed by atoms with E-state index in [1.54, 1.807) is 0 Å². The van der Waals surface area contributed by atoms with E-state index < -0.39 is 0 Å². The van der Waals surface area contributed by atoms with Crippen molar-refractivity contribution in [2.24, 2.45) is 5.92 Å². The first kappa shape index (κ1) is 14.1. The van der Waals surface area contributed by atoms with Crippen LogP contribution in [0.5, 0.6) is 0 Å². The summed E-state index contributed by atoms with van der Waals surface area (Å²) in [7, 11) is 0. The van der Waals surface area contributed by atoms with Crippen LogP contribution in [-0.4, -0.2) is 28.6 Å². The summed E-state index contributed by atoms with van der Waals surface area (Å²) >= 11 is 0. The summed E-state index contributed by atoms with van der Waals surface area (Å²) in [5, 5.41) is 13.3. The van der Waals surface area contributed by atoms with E-state index >= 15 is 0 Å². The predicted octanol–water partition coefficient (Wildman–Crippen LogP) is 2.30. The van der Waals surface area contributed by atoms with Crippen LogP contribution in [0, 0.1) is 12.8 Å². The molecule has 21 heavy (non-hydrogen) atoms. The van der Waals surface area contributed by atoms with Crippen LogP contribution in [0.2, 0.25) is 0 Å². The number of carbonyl (C=O) groups excluding carboxylic acids is 1. The number of aryl methyl sites for hydroxylation is 1. The quantitative estimate of drug-likeness (QED) is 0.763. The highest BCUT2D eigenvalue weighted by molar-refractivity contribution is 5.89. The Labute approximate surface area is 124 Å². The molecule has 0 aliphatic heterocycles. The molecule has 1 amide bonds. The van der Waals surface area contributed by atoms with Crippen LogP contribution >= 0.6 is 0 Å². The van der Waals surface area contributed by atoms with Gasteiger partial charge in [-0.3, -0.25) is 4.79 Å². The zero-order valence-electron chi connectivity index (χ0n) is 12.4. The second-order valence-electron chi connectivity index (χ2n) is 6.06. The van der Waals surface area contributed by atoms with Gasteiger partial charge < -0.3 is 15.4 Å². The van der Waals surface area contributed by atoms with Gasteiger partial charge in [0.25, 0.3) is 0 Å². The molecule has 0 radical (unpaired) electrons. The fourth-order valence-electron chi connectivity index (χ4n) is 2.94. The van der Waals surface area contributed by atoms with Crippen LogP contribution < -0.4 is 5.32 Å². The number of aliphatic hydroxyl groups excluding tert-OH is 1. The van der Waals surface area contributed by atoms with Gasteiger partial charge in [-0.25, -0.2) is 0 Å². The third kappa shape index (κ3) is 3.27. The number of benzene rings is 1. The highest BCUT2D eigenvalue weighted by Crippen LogP contribution is 2.34. The van der Waals surface area contributed by atoms with E-state index in [0.29, 0.717) is 18.8 Å². The molecule has 2 aromatic rings. The Morgan fingerprint density at radius 2 is 2.29 bits per heavy atom. The predicted molar refractivity (Wildman–Crippen MR) is 83.1 cm³/mol. The Hall–Kier alpha value is -1.81. The van der Waals surface area contributed by atoms with Crippen LogP contribution in [0.1, 0.15) is 30.4 Å². The number of carbonyl (C=O) groups is 1. The summed E-state index contributed by atoms with van der Waals surface area (Å²) < 4.78 is 0. The number of rotatable bonds is 6. The van der Waals surface area contributed by atoms with Crippen molar-refractivity contribution in [1.29, 1.82) is 0 Å². The fourth-order valence-corrected chi connectivity index (χ4v) is 2.94. The van der Waals surface area contributed by atoms with Gasteiger partial charge in [-0.05, 0) is 49.3 Å². The topological polar surface area (TPSA) is 65.1 Å². The Bertz CT molecular complexity index is 643. The number of amides is 1. The average Bonchev–Trinajstić information content (AvgIpc) is 3.22. The molecule has 3 N–H and O–H groups in total. The summed E-state index contributed by atoms with van der Waals surface area (Å²) in [5.74, 6) is 0.605. The SMILES string of the molecule is Cc1ccc2c(CC(=O)NC(CCO)C3CC3)c[nH]c2c1. The molecule has 0 saturated heterocycles. The Balaban J connectivity index is 1.68. The molecule has 1 unspecified atom stereocenters. The molecule has 3 rings (SSSR count). The monoisotopic (exact) mass is 286 g/mol. The van der Waals surface area contributed by atoms with Crippen LogP contribution in [0.4, 0.5) is 0 Å². The van der Waals surface area contributed by atoms with Gasteiger partial charge >= 0.3 is 0 Å². The van der Waals surface area contributed by atoms with Crippen LogP contribution in [0.3, 0.4) is 0 Å². The molecule has 0 bridgehead atoms. The third-order valence-corrected chi connectivity index (χ3v) is 4.25. The zero-order valence-corrected chi connectivity index (χ0v) is 12.4. The number of H-pyrrole nitrogens is 1. The second-order valence-corrected chi connectivity index (χ2v) is 6.06. The molecule has 1 aliphatic carbocycles. The summed E-state index contributed by atoms with van der Waals surface area (Å²) in [6.07, 6.45) is 5.29. The smallest absolute Gasteiger partial charge is 0.224 e. The van der Waals surface area contributed by atoms with Gasteiger partial charge in [0, 0.05) is 29.7 Å². The number of fused-ring (bicyclic) bond motifs is 1. The van der Waals surface area contributed by atoms with Gasteiger partial charge in [-0.1, -0.05) is 12.1 Å². The number of aromatic nitrogens is 1. The second kappa shape index (κ2) is 5.90. The lowest BCUT2D eigenvalue weighted by molar-refractivity contribution is -0.121. The van der Waals surface area contributed by atoms with E-state index in [0.717, 1.165) is 29.3 Å². The number of aromatic amines is 1. The maximum atomic E-state index is 12.2. The number of hydrogen-bond acceptors (Lipinski definition) is 2. The minimum absolute atomic E-state index is 0.0434. The lowest BCUT2D eigenvalue weighted by Crippen LogP contribution is -2.38. The van der Waals surface area contributed by atoms with Gasteiger partial charge in [0.15, 0.2) is 0 Å². The normalized spacial score (nSPS) is 16.1. The lowest BCUT2D eigenvalue weighted by Gasteiger charge is -2.16. The van der Waals surface area contributed by atoms with Crippen LogP contribution in [0.25, 0.3) is 10.9 Å². The van der Waals surface area contributed by atoms with E-state index in [-0.39, 0.29) is 18.6 Å². The molecule has 1 atom stereocenters. The highest BCUT2D eigenvalue weighted by Gasteiger charge is 2.31. The average molecular weight is 286 g/mol. The van der Waals surface area contributed by atoms with Crippen molar-refractivity contribution in [3.05, 3.63) is 35.5 Å². The molecule has 1 aromatic carbocycles. The van der Waals surface area contributed by atoms with Crippen LogP contribution in [-0.2, 0) is 11.2 Å². The first-order chi connectivity index (χ1) is 10.2. The van der Waals surface area contributed by atoms with Crippen molar-refractivity contribution in [3.8, 4) is 0 Å². The van der Waals surface area contributed by atoms with Crippen molar-refractivity contribution < 1.29 is 9.90 Å². The van der Waals surface area contributed by atoms with Gasteiger partial charge in [0.1, 0.15) is 0 Å². The first-order valence-electron chi connectivity index (χ1n) is 7.64. The molecule has 0 spiro atoms. The highest BCUT2D eigenvalue weighted by atomic mass is 16.3. The minimum atomic E-state index is 0.0434. The number of nitrogens with one attached hydrogen (secondary N) is 2. The number of hydrogen-bond donors (Lipinski definition) is 3. The summed E-state index contributed by atoms with van der Waals surface area (Å²) in [6, 6.07) is 6.36. The van der Waals surface area contributed by atoms with Crippen molar-refractivity contribution in [3.63, 3.8) is 0 Å². The van der Waals surface area contributed by atoms with Crippen molar-refractivity contribution in [2.75, 3.05) is 6.61 Å². The third-order valence-electron chi connectivity index (χ3n) is 4.25. The molecule has 4 heteroatoms. The lowest BCUT2D eigenvalue weighted by atomic mass is 10.1. The largest absolute Gasteiger partial charge is 0.396 e. The molecule has 1 heterocycles. The van der Waals surface area contributed by atoms with Gasteiger partial charge in [-0.2, -0.15) is 0 Å². The summed E-state index contributed by atoms with van der Waals surface area (Å²) in [5.41, 5.74) is 3.31. The number of aliphatic hydroxyl groups is 1. The summed E-state index contributed by atoms with van der Waals surface area (Å²) in [4.78, 5) is 15.5. The molecule has 112 valence electrons. The van der Waals surface area contributed by atoms with E-state index in [9.17, 15) is 4.79 Å². The Kier molecular flexibility index (Phi) is 3.97. The van der Waals surface area contributed by atoms with Gasteiger partial charge in [0.05, 0.1) is 6.42 Å². The van der Waals surface area contributed by atoms with E-state index in [4.69, 9.17) is 5.11 Å². The molecule has 1 saturated carbocycles. The molecule has 1 aromatic heterocycles. The zero-order chi connectivity index (χ0) is 14.8. The van der Waals surface area contributed by atoms with Gasteiger partial charge in [-0.15, -0.1) is 0 Å². The standard InChI is InChI=1S/C17H22N2O2/c1-11-2-5-14-13(10-18-16(14)8-11)9-17(21)19-15(6-7-20)12-3-4-12/h2,5,8,10,12,15,18,20H,3-4,6-7,9H2,1H3,(H,19,21). The first-order valence-corrected chi connectivity index (χ1v) is 7.64. The summed E-state index contributed by atoms with van der Waals surface area (Å²) in [6.45, 7) is 2.19. The fraction of sp³-hybridized carbons (Fsp3) is 0.471. The molecular weight excluding hydrogens is 264 g/mol. The van der Waals surface area contributed by atoms with Crippen molar-refractivity contribution >= 4 is 16.8 Å².